The van der Waals surface area contributed by atoms with Crippen LogP contribution in [0.5, 0.6) is 0 Å². The molecule has 2 aliphatic carbocycles. The minimum Gasteiger partial charge on any atom is -0.865 e. The summed E-state index contributed by atoms with van der Waals surface area (Å²) < 4.78 is 26.7. The van der Waals surface area contributed by atoms with Crippen molar-refractivity contribution in [1.29, 1.82) is 0 Å². The Morgan fingerprint density at radius 1 is 0.824 bits per heavy atom. The second-order valence-electron chi connectivity index (χ2n) is 18.7. The number of terminal acetylenes is 1. The van der Waals surface area contributed by atoms with E-state index in [2.05, 4.69) is 45.3 Å². The van der Waals surface area contributed by atoms with Crippen LogP contribution in [-0.4, -0.2) is 82.1 Å². The Morgan fingerprint density at radius 2 is 1.37 bits per heavy atom. The summed E-state index contributed by atoms with van der Waals surface area (Å²) >= 11 is 0. The quantitative estimate of drug-likeness (QED) is 0.0331. The molecule has 7 unspecified atom stereocenters. The number of carbonyl (C=O) groups excluding carboxylic acids is 5. The largest absolute Gasteiger partial charge is 1.00 e. The normalized spacial score (nSPS) is 27.6. The van der Waals surface area contributed by atoms with Crippen LogP contribution in [0.25, 0.3) is 0 Å². The van der Waals surface area contributed by atoms with Gasteiger partial charge in [-0.3, -0.25) is 19.2 Å². The summed E-state index contributed by atoms with van der Waals surface area (Å²) in [5, 5.41) is 30.9. The number of epoxide rings is 1. The molecule has 1 saturated heterocycles. The van der Waals surface area contributed by atoms with E-state index in [-0.39, 0.29) is 72.1 Å². The van der Waals surface area contributed by atoms with Gasteiger partial charge in [0.25, 0.3) is 0 Å². The van der Waals surface area contributed by atoms with E-state index in [1.807, 2.05) is 116 Å². The number of cyclic esters (lactones) is 1. The van der Waals surface area contributed by atoms with E-state index in [1.54, 1.807) is 12.2 Å². The van der Waals surface area contributed by atoms with E-state index in [9.17, 15) is 39.3 Å². The summed E-state index contributed by atoms with van der Waals surface area (Å²) in [7, 11) is 0. The van der Waals surface area contributed by atoms with Gasteiger partial charge in [-0.25, -0.2) is 4.79 Å². The summed E-state index contributed by atoms with van der Waals surface area (Å²) in [6.45, 7) is 25.8. The first-order chi connectivity index (χ1) is 31.4. The Hall–Kier alpha value is -4.45. The topological polar surface area (TPSA) is 198 Å². The van der Waals surface area contributed by atoms with Crippen molar-refractivity contribution in [3.63, 3.8) is 0 Å². The fourth-order valence-corrected chi connectivity index (χ4v) is 8.80. The van der Waals surface area contributed by atoms with Crippen LogP contribution in [0, 0.1) is 35.5 Å². The molecule has 0 spiro atoms. The molecule has 2 aliphatic heterocycles. The SMILES string of the molecule is C#C.CC.CC(=O)OC1C[C@@H](C)C(C)C(C)(C)C1.C\C=C/C=C/C(C)=C/C=C/C=C(C)/C=C/C=C/C(=O)CC12OC1(C)CC(OC(=O)CCC(=O)OCC(O)C1OC(=O)C([O-])=C1O)CC2(C)C.[Na+]. The predicted molar refractivity (Wildman–Crippen MR) is 257 cm³/mol. The average molecular weight is 957 g/mol. The van der Waals surface area contributed by atoms with E-state index >= 15 is 0 Å². The fourth-order valence-electron chi connectivity index (χ4n) is 8.80. The molecular formula is C54H77NaO13. The van der Waals surface area contributed by atoms with Crippen molar-refractivity contribution in [3.05, 3.63) is 95.6 Å². The summed E-state index contributed by atoms with van der Waals surface area (Å²) in [5.74, 6) is -3.87. The van der Waals surface area contributed by atoms with Crippen molar-refractivity contribution in [3.8, 4) is 12.8 Å². The molecule has 4 aliphatic rings. The van der Waals surface area contributed by atoms with Gasteiger partial charge >= 0.3 is 53.4 Å². The average Bonchev–Trinajstić information content (AvgIpc) is 3.79. The van der Waals surface area contributed by atoms with Crippen LogP contribution in [0.4, 0.5) is 0 Å². The van der Waals surface area contributed by atoms with E-state index in [0.717, 1.165) is 24.0 Å². The Kier molecular flexibility index (Phi) is 27.6. The Bertz CT molecular complexity index is 1980. The molecular weight excluding hydrogens is 880 g/mol. The van der Waals surface area contributed by atoms with Gasteiger partial charge in [0, 0.05) is 30.9 Å². The zero-order valence-electron chi connectivity index (χ0n) is 43.1. The molecule has 13 nitrogen and oxygen atoms in total. The van der Waals surface area contributed by atoms with Gasteiger partial charge in [-0.2, -0.15) is 0 Å². The Labute approximate surface area is 428 Å². The number of aliphatic hydroxyl groups is 2. The number of hydrogen-bond donors (Lipinski definition) is 2. The first-order valence-corrected chi connectivity index (χ1v) is 23.1. The molecule has 0 bridgehead atoms. The summed E-state index contributed by atoms with van der Waals surface area (Å²) in [5.41, 5.74) is 0.597. The van der Waals surface area contributed by atoms with Gasteiger partial charge in [0.2, 0.25) is 0 Å². The van der Waals surface area contributed by atoms with E-state index in [1.165, 1.54) is 6.92 Å². The standard InChI is InChI=1S/C38H48O11.C12H22O2.C2H6.C2H2.Na/c1-7-8-9-14-25(2)15-10-11-16-26(3)17-12-13-18-27(39)21-38-36(4,5)22-28(23-37(38,6)49-38)47-31(42)20-19-30(41)46-24-29(40)34-32(43)33(44)35(45)48-34;1-8-6-11(14-10(3)13)7-12(4,5)9(8)2;2*1-2;/h7-18,28-29,34,40,43-44H,19-24H2,1-6H3;8-9,11H,6-7H2,1-5H3;1-2H3;1-2H;/q;;;;+1/p-1/b8-7-,11-10+,14-9+,17-12+,18-13+,25-15+,26-16+;;;;/t;8-,9?,11?;;;/m.1.../s1. The van der Waals surface area contributed by atoms with Crippen LogP contribution in [0.15, 0.2) is 95.6 Å². The van der Waals surface area contributed by atoms with Crippen LogP contribution in [0.1, 0.15) is 135 Å². The molecule has 0 aromatic rings. The Morgan fingerprint density at radius 3 is 1.87 bits per heavy atom. The smallest absolute Gasteiger partial charge is 0.865 e. The van der Waals surface area contributed by atoms with Crippen LogP contribution in [0.3, 0.4) is 0 Å². The van der Waals surface area contributed by atoms with Gasteiger partial charge in [-0.15, -0.1) is 12.8 Å². The number of hydrogen-bond acceptors (Lipinski definition) is 13. The van der Waals surface area contributed by atoms with Gasteiger partial charge in [0.1, 0.15) is 36.3 Å². The maximum atomic E-state index is 13.0. The van der Waals surface area contributed by atoms with E-state index in [0.29, 0.717) is 24.7 Å². The number of fused-ring (bicyclic) bond motifs is 1. The van der Waals surface area contributed by atoms with E-state index < -0.39 is 71.0 Å². The van der Waals surface area contributed by atoms with Crippen molar-refractivity contribution in [2.24, 2.45) is 22.7 Å². The number of carbonyl (C=O) groups is 5. The van der Waals surface area contributed by atoms with Crippen molar-refractivity contribution < 1.29 is 92.5 Å². The van der Waals surface area contributed by atoms with Gasteiger partial charge in [-0.1, -0.05) is 133 Å². The number of allylic oxidation sites excluding steroid dienone is 14. The van der Waals surface area contributed by atoms with Gasteiger partial charge in [-0.05, 0) is 70.3 Å². The first-order valence-electron chi connectivity index (χ1n) is 23.1. The van der Waals surface area contributed by atoms with Crippen LogP contribution in [0.2, 0.25) is 0 Å². The number of ketones is 1. The Balaban J connectivity index is 0.00000199. The molecule has 2 N–H and O–H groups in total. The van der Waals surface area contributed by atoms with Crippen LogP contribution >= 0.6 is 0 Å². The van der Waals surface area contributed by atoms with Crippen molar-refractivity contribution in [2.75, 3.05) is 6.61 Å². The fraction of sp³-hybridized carbons (Fsp3) is 0.574. The molecule has 372 valence electrons. The van der Waals surface area contributed by atoms with Crippen molar-refractivity contribution in [1.82, 2.24) is 0 Å². The molecule has 0 aromatic heterocycles. The maximum absolute atomic E-state index is 13.0. The minimum atomic E-state index is -1.65. The second kappa shape index (κ2) is 29.5. The maximum Gasteiger partial charge on any atom is 1.00 e. The van der Waals surface area contributed by atoms with E-state index in [4.69, 9.17) is 18.9 Å². The first kappa shape index (κ1) is 63.5. The minimum absolute atomic E-state index is 0. The molecule has 0 aromatic carbocycles. The van der Waals surface area contributed by atoms with Crippen molar-refractivity contribution in [2.45, 2.75) is 171 Å². The monoisotopic (exact) mass is 957 g/mol. The predicted octanol–water partition coefficient (Wildman–Crippen LogP) is 5.93. The molecule has 3 fully saturated rings. The zero-order chi connectivity index (χ0) is 51.3. The molecule has 2 heterocycles. The molecule has 4 rings (SSSR count). The number of rotatable bonds is 17. The van der Waals surface area contributed by atoms with Gasteiger partial charge < -0.3 is 39.0 Å². The summed E-state index contributed by atoms with van der Waals surface area (Å²) in [4.78, 5) is 59.7. The number of aliphatic hydroxyl groups excluding tert-OH is 2. The molecule has 8 atom stereocenters. The number of esters is 4. The van der Waals surface area contributed by atoms with Crippen LogP contribution < -0.4 is 34.7 Å². The molecule has 0 amide bonds. The second-order valence-corrected chi connectivity index (χ2v) is 18.7. The third-order valence-corrected chi connectivity index (χ3v) is 12.7. The molecule has 68 heavy (non-hydrogen) atoms. The number of ether oxygens (including phenoxy) is 5. The summed E-state index contributed by atoms with van der Waals surface area (Å²) in [6, 6.07) is 0. The molecule has 14 heteroatoms. The molecule has 2 saturated carbocycles. The summed E-state index contributed by atoms with van der Waals surface area (Å²) in [6.07, 6.45) is 29.7. The van der Waals surface area contributed by atoms with Gasteiger partial charge in [0.15, 0.2) is 11.9 Å². The third kappa shape index (κ3) is 19.2. The van der Waals surface area contributed by atoms with Crippen LogP contribution in [-0.2, 0) is 47.7 Å². The van der Waals surface area contributed by atoms with Crippen molar-refractivity contribution >= 4 is 29.7 Å². The van der Waals surface area contributed by atoms with Gasteiger partial charge in [0.05, 0.1) is 18.4 Å². The molecule has 0 radical (unpaired) electrons. The third-order valence-electron chi connectivity index (χ3n) is 12.7. The zero-order valence-corrected chi connectivity index (χ0v) is 45.1.